The molecule has 2 bridgehead atoms. The van der Waals surface area contributed by atoms with Crippen molar-refractivity contribution in [1.29, 1.82) is 0 Å². The summed E-state index contributed by atoms with van der Waals surface area (Å²) in [5, 5.41) is 16.7. The highest BCUT2D eigenvalue weighted by molar-refractivity contribution is 6.02. The number of halogens is 1. The van der Waals surface area contributed by atoms with Crippen LogP contribution in [-0.2, 0) is 6.42 Å². The van der Waals surface area contributed by atoms with Crippen LogP contribution in [0.4, 0.5) is 10.2 Å². The van der Waals surface area contributed by atoms with E-state index in [1.165, 1.54) is 0 Å². The molecule has 4 aromatic rings. The van der Waals surface area contributed by atoms with Gasteiger partial charge < -0.3 is 25.0 Å². The van der Waals surface area contributed by atoms with Crippen LogP contribution in [0.25, 0.3) is 32.8 Å². The molecule has 0 radical (unpaired) electrons. The van der Waals surface area contributed by atoms with Gasteiger partial charge in [0.2, 0.25) is 0 Å². The number of hydrogen-bond acceptors (Lipinski definition) is 7. The number of ether oxygens (including phenoxy) is 1. The van der Waals surface area contributed by atoms with Gasteiger partial charge in [0.1, 0.15) is 23.7 Å². The molecule has 1 aromatic heterocycles. The fourth-order valence-corrected chi connectivity index (χ4v) is 6.95. The van der Waals surface area contributed by atoms with Crippen LogP contribution in [0.5, 0.6) is 11.8 Å². The minimum Gasteiger partial charge on any atom is -0.508 e. The lowest BCUT2D eigenvalue weighted by atomic mass is 9.91. The van der Waals surface area contributed by atoms with Gasteiger partial charge >= 0.3 is 6.01 Å². The molecule has 7 nitrogen and oxygen atoms in total. The van der Waals surface area contributed by atoms with Crippen LogP contribution in [0.1, 0.15) is 38.2 Å². The molecule has 3 atom stereocenters. The number of aromatic nitrogens is 2. The van der Waals surface area contributed by atoms with E-state index in [9.17, 15) is 5.11 Å². The fourth-order valence-electron chi connectivity index (χ4n) is 6.95. The van der Waals surface area contributed by atoms with Gasteiger partial charge in [-0.05, 0) is 85.8 Å². The van der Waals surface area contributed by atoms with Gasteiger partial charge in [0, 0.05) is 42.2 Å². The van der Waals surface area contributed by atoms with Crippen molar-refractivity contribution >= 4 is 27.5 Å². The molecule has 0 saturated carbocycles. The van der Waals surface area contributed by atoms with E-state index in [4.69, 9.17) is 14.7 Å². The number of rotatable bonds is 6. The fraction of sp³-hybridized carbons (Fsp3) is 0.438. The molecular weight excluding hydrogens is 505 g/mol. The molecule has 2 unspecified atom stereocenters. The van der Waals surface area contributed by atoms with E-state index in [0.717, 1.165) is 67.5 Å². The molecule has 3 saturated heterocycles. The van der Waals surface area contributed by atoms with E-state index in [1.807, 2.05) is 31.2 Å². The summed E-state index contributed by atoms with van der Waals surface area (Å²) in [5.41, 5.74) is 2.28. The monoisotopic (exact) mass is 541 g/mol. The van der Waals surface area contributed by atoms with Crippen molar-refractivity contribution in [2.24, 2.45) is 0 Å². The van der Waals surface area contributed by atoms with Crippen molar-refractivity contribution in [3.05, 3.63) is 53.8 Å². The maximum atomic E-state index is 16.9. The quantitative estimate of drug-likeness (QED) is 0.345. The molecule has 3 fully saturated rings. The zero-order valence-corrected chi connectivity index (χ0v) is 23.2. The molecule has 0 aliphatic carbocycles. The summed E-state index contributed by atoms with van der Waals surface area (Å²) < 4.78 is 23.1. The first-order chi connectivity index (χ1) is 19.5. The number of anilines is 1. The second-order valence-corrected chi connectivity index (χ2v) is 11.6. The molecule has 8 heteroatoms. The third-order valence-electron chi connectivity index (χ3n) is 9.06. The number of piperazine rings is 1. The summed E-state index contributed by atoms with van der Waals surface area (Å²) in [6.07, 6.45) is 5.13. The summed E-state index contributed by atoms with van der Waals surface area (Å²) >= 11 is 0. The minimum atomic E-state index is -0.394. The van der Waals surface area contributed by atoms with Gasteiger partial charge in [-0.2, -0.15) is 9.97 Å². The Balaban J connectivity index is 1.41. The van der Waals surface area contributed by atoms with E-state index in [2.05, 4.69) is 28.2 Å². The summed E-state index contributed by atoms with van der Waals surface area (Å²) in [5.74, 6) is 0.466. The number of likely N-dealkylation sites (N-methyl/N-ethyl adjacent to an activating group) is 1. The van der Waals surface area contributed by atoms with E-state index >= 15 is 4.39 Å². The second-order valence-electron chi connectivity index (χ2n) is 11.6. The van der Waals surface area contributed by atoms with E-state index < -0.39 is 5.82 Å². The highest BCUT2D eigenvalue weighted by Crippen LogP contribution is 2.41. The molecule has 3 aliphatic rings. The highest BCUT2D eigenvalue weighted by atomic mass is 19.1. The van der Waals surface area contributed by atoms with Crippen molar-refractivity contribution in [3.8, 4) is 22.9 Å². The van der Waals surface area contributed by atoms with Crippen LogP contribution in [0.15, 0.2) is 42.5 Å². The van der Waals surface area contributed by atoms with Gasteiger partial charge in [-0.3, -0.25) is 0 Å². The normalized spacial score (nSPS) is 23.0. The third kappa shape index (κ3) is 4.43. The van der Waals surface area contributed by atoms with Crippen LogP contribution in [-0.4, -0.2) is 71.4 Å². The zero-order chi connectivity index (χ0) is 27.4. The number of benzene rings is 3. The first kappa shape index (κ1) is 25.5. The van der Waals surface area contributed by atoms with Crippen molar-refractivity contribution in [2.75, 3.05) is 38.2 Å². The average molecular weight is 542 g/mol. The number of nitrogens with zero attached hydrogens (tertiary/aromatic N) is 4. The number of hydrogen-bond donors (Lipinski definition) is 2. The zero-order valence-electron chi connectivity index (χ0n) is 23.2. The van der Waals surface area contributed by atoms with Crippen molar-refractivity contribution in [3.63, 3.8) is 0 Å². The third-order valence-corrected chi connectivity index (χ3v) is 9.06. The summed E-state index contributed by atoms with van der Waals surface area (Å²) in [6, 6.07) is 14.6. The van der Waals surface area contributed by atoms with Crippen LogP contribution in [0.2, 0.25) is 0 Å². The lowest BCUT2D eigenvalue weighted by Crippen LogP contribution is -2.51. The number of phenolic OH excluding ortho intramolecular Hbond substituents is 1. The van der Waals surface area contributed by atoms with Crippen LogP contribution >= 0.6 is 0 Å². The molecule has 7 rings (SSSR count). The van der Waals surface area contributed by atoms with Crippen LogP contribution in [0, 0.1) is 5.82 Å². The van der Waals surface area contributed by atoms with Crippen LogP contribution < -0.4 is 15.0 Å². The lowest BCUT2D eigenvalue weighted by molar-refractivity contribution is 0.188. The maximum absolute atomic E-state index is 16.9. The van der Waals surface area contributed by atoms with Gasteiger partial charge in [0.05, 0.1) is 0 Å². The number of likely N-dealkylation sites (tertiary alicyclic amines) is 1. The molecule has 208 valence electrons. The molecule has 3 aliphatic heterocycles. The number of phenols is 1. The first-order valence-electron chi connectivity index (χ1n) is 14.6. The molecule has 0 amide bonds. The van der Waals surface area contributed by atoms with Crippen molar-refractivity contribution in [2.45, 2.75) is 57.2 Å². The van der Waals surface area contributed by atoms with Gasteiger partial charge in [-0.1, -0.05) is 31.2 Å². The van der Waals surface area contributed by atoms with Gasteiger partial charge in [0.25, 0.3) is 0 Å². The molecule has 2 N–H and O–H groups in total. The Morgan fingerprint density at radius 2 is 1.85 bits per heavy atom. The second kappa shape index (κ2) is 10.2. The topological polar surface area (TPSA) is 73.8 Å². The molecule has 40 heavy (non-hydrogen) atoms. The van der Waals surface area contributed by atoms with Crippen LogP contribution in [0.3, 0.4) is 0 Å². The Labute approximate surface area is 234 Å². The minimum absolute atomic E-state index is 0.111. The lowest BCUT2D eigenvalue weighted by Gasteiger charge is -2.34. The SMILES string of the molecule is CCc1cc2c(N3CC4CCC(C3)N4)nc(OC[C@@H]3CCCN3C)nc2c(F)c1-c1cc(O)cc2ccccc12. The van der Waals surface area contributed by atoms with Gasteiger partial charge in [-0.25, -0.2) is 4.39 Å². The van der Waals surface area contributed by atoms with E-state index in [1.54, 1.807) is 12.1 Å². The maximum Gasteiger partial charge on any atom is 0.319 e. The Hall–Kier alpha value is -3.49. The number of fused-ring (bicyclic) bond motifs is 4. The van der Waals surface area contributed by atoms with Gasteiger partial charge in [-0.15, -0.1) is 0 Å². The predicted octanol–water partition coefficient (Wildman–Crippen LogP) is 5.27. The van der Waals surface area contributed by atoms with Crippen molar-refractivity contribution < 1.29 is 14.2 Å². The van der Waals surface area contributed by atoms with Gasteiger partial charge in [0.15, 0.2) is 5.82 Å². The average Bonchev–Trinajstić information content (AvgIpc) is 3.53. The summed E-state index contributed by atoms with van der Waals surface area (Å²) in [7, 11) is 2.11. The van der Waals surface area contributed by atoms with E-state index in [-0.39, 0.29) is 17.3 Å². The predicted molar refractivity (Wildman–Crippen MR) is 157 cm³/mol. The molecule has 3 aromatic carbocycles. The largest absolute Gasteiger partial charge is 0.508 e. The Kier molecular flexibility index (Phi) is 6.47. The molecule has 0 spiro atoms. The number of nitrogens with one attached hydrogen (secondary N) is 1. The highest BCUT2D eigenvalue weighted by Gasteiger charge is 2.34. The van der Waals surface area contributed by atoms with Crippen molar-refractivity contribution in [1.82, 2.24) is 20.2 Å². The Morgan fingerprint density at radius 1 is 1.05 bits per heavy atom. The first-order valence-corrected chi connectivity index (χ1v) is 14.6. The molecular formula is C32H36FN5O2. The molecule has 4 heterocycles. The Morgan fingerprint density at radius 3 is 2.60 bits per heavy atom. The Bertz CT molecular complexity index is 1580. The summed E-state index contributed by atoms with van der Waals surface area (Å²) in [4.78, 5) is 14.2. The standard InChI is InChI=1S/C32H36FN5O2/c1-3-19-14-27-30(29(33)28(19)26-15-24(39)13-20-7-4-5-9-25(20)26)35-32(40-18-23-8-6-12-37(23)2)36-31(27)38-16-21-10-11-22(17-38)34-21/h4-5,7,9,13-15,21-23,34,39H,3,6,8,10-12,16-18H2,1-2H3/t21?,22?,23-/m0/s1. The summed E-state index contributed by atoms with van der Waals surface area (Å²) in [6.45, 7) is 5.23. The number of aryl methyl sites for hydroxylation is 1. The van der Waals surface area contributed by atoms with E-state index in [0.29, 0.717) is 47.7 Å². The number of aromatic hydroxyl groups is 1. The smallest absolute Gasteiger partial charge is 0.319 e.